The molecular formula is C17H21N. The predicted octanol–water partition coefficient (Wildman–Crippen LogP) is 4.92. The maximum Gasteiger partial charge on any atom is 0.0484 e. The molecule has 0 bridgehead atoms. The Kier molecular flexibility index (Phi) is 2.77. The van der Waals surface area contributed by atoms with Crippen LogP contribution in [0.2, 0.25) is 0 Å². The van der Waals surface area contributed by atoms with Gasteiger partial charge in [-0.05, 0) is 48.9 Å². The Morgan fingerprint density at radius 3 is 2.22 bits per heavy atom. The molecule has 0 atom stereocenters. The Morgan fingerprint density at radius 1 is 1.00 bits per heavy atom. The van der Waals surface area contributed by atoms with Crippen LogP contribution in [0.3, 0.4) is 0 Å². The topological polar surface area (TPSA) is 4.93 Å². The standard InChI is InChI=1S/C17H21N/c1-12(2)14-5-7-15(8-6-14)17-11-4-13(3)18(17)16-9-10-16/h4-8,11-12,16H,9-10H2,1-3H3. The van der Waals surface area contributed by atoms with Gasteiger partial charge in [0, 0.05) is 17.4 Å². The lowest BCUT2D eigenvalue weighted by atomic mass is 10.0. The van der Waals surface area contributed by atoms with Crippen molar-refractivity contribution in [2.75, 3.05) is 0 Å². The van der Waals surface area contributed by atoms with E-state index >= 15 is 0 Å². The van der Waals surface area contributed by atoms with Crippen LogP contribution in [0.5, 0.6) is 0 Å². The van der Waals surface area contributed by atoms with Crippen molar-refractivity contribution in [3.8, 4) is 11.3 Å². The second kappa shape index (κ2) is 4.31. The lowest BCUT2D eigenvalue weighted by Gasteiger charge is -2.12. The fraction of sp³-hybridized carbons (Fsp3) is 0.412. The summed E-state index contributed by atoms with van der Waals surface area (Å²) in [5, 5.41) is 0. The van der Waals surface area contributed by atoms with Crippen molar-refractivity contribution in [1.29, 1.82) is 0 Å². The highest BCUT2D eigenvalue weighted by atomic mass is 15.1. The van der Waals surface area contributed by atoms with Gasteiger partial charge in [0.15, 0.2) is 0 Å². The molecule has 1 aliphatic carbocycles. The van der Waals surface area contributed by atoms with Gasteiger partial charge in [-0.15, -0.1) is 0 Å². The van der Waals surface area contributed by atoms with Crippen LogP contribution in [-0.2, 0) is 0 Å². The molecule has 18 heavy (non-hydrogen) atoms. The first-order valence-electron chi connectivity index (χ1n) is 6.95. The zero-order valence-corrected chi connectivity index (χ0v) is 11.5. The van der Waals surface area contributed by atoms with Gasteiger partial charge in [0.2, 0.25) is 0 Å². The average molecular weight is 239 g/mol. The molecule has 0 amide bonds. The molecule has 0 N–H and O–H groups in total. The highest BCUT2D eigenvalue weighted by Crippen LogP contribution is 2.40. The zero-order valence-electron chi connectivity index (χ0n) is 11.5. The second-order valence-electron chi connectivity index (χ2n) is 5.74. The van der Waals surface area contributed by atoms with Gasteiger partial charge in [0.05, 0.1) is 0 Å². The van der Waals surface area contributed by atoms with Crippen molar-refractivity contribution in [3.63, 3.8) is 0 Å². The molecule has 1 heterocycles. The summed E-state index contributed by atoms with van der Waals surface area (Å²) in [7, 11) is 0. The quantitative estimate of drug-likeness (QED) is 0.716. The monoisotopic (exact) mass is 239 g/mol. The summed E-state index contributed by atoms with van der Waals surface area (Å²) in [6.45, 7) is 6.70. The Balaban J connectivity index is 1.99. The number of benzene rings is 1. The number of aryl methyl sites for hydroxylation is 1. The zero-order chi connectivity index (χ0) is 12.7. The molecule has 0 unspecified atom stereocenters. The average Bonchev–Trinajstić information content (AvgIpc) is 3.13. The predicted molar refractivity (Wildman–Crippen MR) is 77.0 cm³/mol. The van der Waals surface area contributed by atoms with E-state index in [1.54, 1.807) is 0 Å². The van der Waals surface area contributed by atoms with Crippen molar-refractivity contribution >= 4 is 0 Å². The molecule has 1 nitrogen and oxygen atoms in total. The first kappa shape index (κ1) is 11.6. The smallest absolute Gasteiger partial charge is 0.0484 e. The molecule has 1 aromatic carbocycles. The minimum atomic E-state index is 0.607. The van der Waals surface area contributed by atoms with Gasteiger partial charge in [0.25, 0.3) is 0 Å². The summed E-state index contributed by atoms with van der Waals surface area (Å²) >= 11 is 0. The number of hydrogen-bond acceptors (Lipinski definition) is 0. The fourth-order valence-corrected chi connectivity index (χ4v) is 2.64. The van der Waals surface area contributed by atoms with E-state index in [1.807, 2.05) is 0 Å². The third kappa shape index (κ3) is 1.98. The van der Waals surface area contributed by atoms with Gasteiger partial charge < -0.3 is 4.57 Å². The molecule has 1 heteroatoms. The number of hydrogen-bond donors (Lipinski definition) is 0. The summed E-state index contributed by atoms with van der Waals surface area (Å²) in [5.74, 6) is 0.607. The maximum absolute atomic E-state index is 2.50. The lowest BCUT2D eigenvalue weighted by molar-refractivity contribution is 0.730. The van der Waals surface area contributed by atoms with E-state index in [9.17, 15) is 0 Å². The van der Waals surface area contributed by atoms with Crippen molar-refractivity contribution in [1.82, 2.24) is 4.57 Å². The van der Waals surface area contributed by atoms with Crippen LogP contribution in [0, 0.1) is 6.92 Å². The van der Waals surface area contributed by atoms with Crippen LogP contribution in [0.1, 0.15) is 49.9 Å². The molecule has 1 saturated carbocycles. The molecule has 0 aliphatic heterocycles. The van der Waals surface area contributed by atoms with E-state index < -0.39 is 0 Å². The highest BCUT2D eigenvalue weighted by molar-refractivity contribution is 5.62. The van der Waals surface area contributed by atoms with E-state index in [1.165, 1.54) is 35.4 Å². The third-order valence-corrected chi connectivity index (χ3v) is 3.91. The molecule has 1 aromatic heterocycles. The van der Waals surface area contributed by atoms with Crippen LogP contribution in [0.4, 0.5) is 0 Å². The molecule has 1 aliphatic rings. The van der Waals surface area contributed by atoms with E-state index in [0.29, 0.717) is 5.92 Å². The molecule has 94 valence electrons. The van der Waals surface area contributed by atoms with E-state index in [2.05, 4.69) is 61.7 Å². The fourth-order valence-electron chi connectivity index (χ4n) is 2.64. The molecule has 1 fully saturated rings. The number of aromatic nitrogens is 1. The molecule has 0 radical (unpaired) electrons. The third-order valence-electron chi connectivity index (χ3n) is 3.91. The molecule has 2 aromatic rings. The Labute approximate surface area is 109 Å². The van der Waals surface area contributed by atoms with Gasteiger partial charge in [-0.2, -0.15) is 0 Å². The number of rotatable bonds is 3. The molecular weight excluding hydrogens is 218 g/mol. The molecule has 0 spiro atoms. The van der Waals surface area contributed by atoms with Gasteiger partial charge in [-0.3, -0.25) is 0 Å². The van der Waals surface area contributed by atoms with Crippen LogP contribution in [0.15, 0.2) is 36.4 Å². The van der Waals surface area contributed by atoms with Crippen molar-refractivity contribution < 1.29 is 0 Å². The van der Waals surface area contributed by atoms with E-state index in [0.717, 1.165) is 6.04 Å². The van der Waals surface area contributed by atoms with Crippen LogP contribution in [-0.4, -0.2) is 4.57 Å². The van der Waals surface area contributed by atoms with Gasteiger partial charge in [-0.25, -0.2) is 0 Å². The van der Waals surface area contributed by atoms with Crippen molar-refractivity contribution in [2.45, 2.75) is 45.6 Å². The van der Waals surface area contributed by atoms with Gasteiger partial charge in [-0.1, -0.05) is 38.1 Å². The Hall–Kier alpha value is -1.50. The van der Waals surface area contributed by atoms with Gasteiger partial charge in [0.1, 0.15) is 0 Å². The largest absolute Gasteiger partial charge is 0.342 e. The Morgan fingerprint density at radius 2 is 1.67 bits per heavy atom. The summed E-state index contributed by atoms with van der Waals surface area (Å²) in [6, 6.07) is 14.3. The minimum Gasteiger partial charge on any atom is -0.342 e. The number of nitrogens with zero attached hydrogens (tertiary/aromatic N) is 1. The first-order valence-corrected chi connectivity index (χ1v) is 6.95. The summed E-state index contributed by atoms with van der Waals surface area (Å²) in [5.41, 5.74) is 5.53. The summed E-state index contributed by atoms with van der Waals surface area (Å²) < 4.78 is 2.50. The molecule has 0 saturated heterocycles. The van der Waals surface area contributed by atoms with Crippen LogP contribution < -0.4 is 0 Å². The normalized spacial score (nSPS) is 15.3. The molecule has 3 rings (SSSR count). The van der Waals surface area contributed by atoms with Crippen molar-refractivity contribution in [2.24, 2.45) is 0 Å². The lowest BCUT2D eigenvalue weighted by Crippen LogP contribution is -1.98. The summed E-state index contributed by atoms with van der Waals surface area (Å²) in [6.07, 6.45) is 2.68. The van der Waals surface area contributed by atoms with E-state index in [-0.39, 0.29) is 0 Å². The maximum atomic E-state index is 2.50. The SMILES string of the molecule is Cc1ccc(-c2ccc(C(C)C)cc2)n1C1CC1. The highest BCUT2D eigenvalue weighted by Gasteiger charge is 2.26. The van der Waals surface area contributed by atoms with Crippen LogP contribution in [0.25, 0.3) is 11.3 Å². The van der Waals surface area contributed by atoms with Gasteiger partial charge >= 0.3 is 0 Å². The van der Waals surface area contributed by atoms with Crippen molar-refractivity contribution in [3.05, 3.63) is 47.7 Å². The van der Waals surface area contributed by atoms with E-state index in [4.69, 9.17) is 0 Å². The Bertz CT molecular complexity index is 541. The second-order valence-corrected chi connectivity index (χ2v) is 5.74. The minimum absolute atomic E-state index is 0.607. The van der Waals surface area contributed by atoms with Crippen LogP contribution >= 0.6 is 0 Å². The summed E-state index contributed by atoms with van der Waals surface area (Å²) in [4.78, 5) is 0. The first-order chi connectivity index (χ1) is 8.66.